The molecule has 0 atom stereocenters. The standard InChI is InChI=1S/C25H26N8O5S.ClH/c1-15(34)29-18-7-9-20-22(13-18)31-23-14-19(33(35)36)8-10-21(23)24(20)30-16-3-5-17(6-4-16)32-39(37,38)12-2-11-28-25(26)27;/h3-10,13-14,32H,2,11-12H2,1H3,(H,29,34)(H,30,31)(H4,26,27,28);1H. The van der Waals surface area contributed by atoms with Gasteiger partial charge in [0.25, 0.3) is 5.69 Å². The number of sulfonamides is 1. The Morgan fingerprint density at radius 3 is 2.20 bits per heavy atom. The molecule has 40 heavy (non-hydrogen) atoms. The molecule has 0 saturated heterocycles. The van der Waals surface area contributed by atoms with Crippen LogP contribution in [-0.4, -0.2) is 42.5 Å². The van der Waals surface area contributed by atoms with Gasteiger partial charge in [0.05, 0.1) is 27.4 Å². The van der Waals surface area contributed by atoms with Crippen molar-refractivity contribution in [2.45, 2.75) is 13.3 Å². The Kier molecular flexibility index (Phi) is 9.29. The van der Waals surface area contributed by atoms with Gasteiger partial charge in [0.2, 0.25) is 15.9 Å². The van der Waals surface area contributed by atoms with E-state index in [1.165, 1.54) is 19.1 Å². The van der Waals surface area contributed by atoms with E-state index >= 15 is 0 Å². The van der Waals surface area contributed by atoms with Gasteiger partial charge in [0, 0.05) is 53.4 Å². The Balaban J connectivity index is 0.00000441. The highest BCUT2D eigenvalue weighted by molar-refractivity contribution is 7.92. The molecule has 0 spiro atoms. The molecule has 0 fully saturated rings. The summed E-state index contributed by atoms with van der Waals surface area (Å²) < 4.78 is 27.2. The third kappa shape index (κ3) is 7.45. The normalized spacial score (nSPS) is 10.9. The molecule has 7 N–H and O–H groups in total. The van der Waals surface area contributed by atoms with E-state index in [0.29, 0.717) is 39.2 Å². The number of pyridine rings is 1. The van der Waals surface area contributed by atoms with Crippen LogP contribution >= 0.6 is 12.4 Å². The fourth-order valence-corrected chi connectivity index (χ4v) is 5.03. The van der Waals surface area contributed by atoms with Crippen LogP contribution in [0.4, 0.5) is 28.4 Å². The number of carbonyl (C=O) groups is 1. The average molecular weight is 587 g/mol. The van der Waals surface area contributed by atoms with Crippen LogP contribution in [0, 0.1) is 10.1 Å². The number of anilines is 4. The second-order valence-electron chi connectivity index (χ2n) is 8.64. The van der Waals surface area contributed by atoms with Gasteiger partial charge in [-0.1, -0.05) is 0 Å². The number of nitrogens with one attached hydrogen (secondary N) is 3. The maximum atomic E-state index is 12.4. The van der Waals surface area contributed by atoms with Crippen LogP contribution in [0.1, 0.15) is 13.3 Å². The Bertz CT molecular complexity index is 1710. The third-order valence-electron chi connectivity index (χ3n) is 5.58. The van der Waals surface area contributed by atoms with E-state index in [0.717, 1.165) is 5.39 Å². The molecule has 1 heterocycles. The van der Waals surface area contributed by atoms with Crippen molar-refractivity contribution in [3.8, 4) is 0 Å². The van der Waals surface area contributed by atoms with Gasteiger partial charge in [-0.25, -0.2) is 13.4 Å². The summed E-state index contributed by atoms with van der Waals surface area (Å²) in [5.74, 6) is -0.482. The monoisotopic (exact) mass is 586 g/mol. The molecule has 1 amide bonds. The predicted octanol–water partition coefficient (Wildman–Crippen LogP) is 3.83. The number of fused-ring (bicyclic) bond motifs is 2. The van der Waals surface area contributed by atoms with E-state index in [2.05, 4.69) is 25.3 Å². The second-order valence-corrected chi connectivity index (χ2v) is 10.5. The van der Waals surface area contributed by atoms with Crippen LogP contribution in [0.25, 0.3) is 21.8 Å². The summed E-state index contributed by atoms with van der Waals surface area (Å²) in [6.45, 7) is 1.60. The van der Waals surface area contributed by atoms with Crippen LogP contribution < -0.4 is 26.8 Å². The highest BCUT2D eigenvalue weighted by Gasteiger charge is 2.15. The van der Waals surface area contributed by atoms with Crippen LogP contribution in [0.5, 0.6) is 0 Å². The van der Waals surface area contributed by atoms with E-state index in [1.54, 1.807) is 48.5 Å². The number of non-ortho nitro benzene ring substituents is 1. The summed E-state index contributed by atoms with van der Waals surface area (Å²) in [5, 5.41) is 18.7. The molecule has 0 saturated carbocycles. The Morgan fingerprint density at radius 1 is 0.975 bits per heavy atom. The van der Waals surface area contributed by atoms with Gasteiger partial charge in [-0.15, -0.1) is 12.4 Å². The molecule has 13 nitrogen and oxygen atoms in total. The number of nitro groups is 1. The van der Waals surface area contributed by atoms with Gasteiger partial charge in [-0.2, -0.15) is 0 Å². The van der Waals surface area contributed by atoms with Crippen molar-refractivity contribution in [3.05, 3.63) is 70.8 Å². The Hall–Kier alpha value is -4.69. The van der Waals surface area contributed by atoms with E-state index in [9.17, 15) is 23.3 Å². The van der Waals surface area contributed by atoms with E-state index in [-0.39, 0.29) is 48.7 Å². The van der Waals surface area contributed by atoms with Crippen LogP contribution in [0.15, 0.2) is 65.7 Å². The molecule has 0 radical (unpaired) electrons. The lowest BCUT2D eigenvalue weighted by Gasteiger charge is -2.15. The molecule has 3 aromatic carbocycles. The quantitative estimate of drug-likeness (QED) is 0.0456. The lowest BCUT2D eigenvalue weighted by molar-refractivity contribution is -0.384. The van der Waals surface area contributed by atoms with E-state index < -0.39 is 14.9 Å². The minimum atomic E-state index is -3.60. The second kappa shape index (κ2) is 12.4. The summed E-state index contributed by atoms with van der Waals surface area (Å²) in [5.41, 5.74) is 13.5. The minimum absolute atomic E-state index is 0. The third-order valence-corrected chi connectivity index (χ3v) is 6.96. The molecular formula is C25H27ClN8O5S. The zero-order valence-electron chi connectivity index (χ0n) is 21.2. The summed E-state index contributed by atoms with van der Waals surface area (Å²) in [4.78, 5) is 30.7. The number of aromatic nitrogens is 1. The number of aliphatic imine (C=N–C) groups is 1. The topological polar surface area (TPSA) is 208 Å². The first kappa shape index (κ1) is 29.9. The minimum Gasteiger partial charge on any atom is -0.370 e. The van der Waals surface area contributed by atoms with Crippen molar-refractivity contribution in [2.24, 2.45) is 16.5 Å². The number of nitrogens with zero attached hydrogens (tertiary/aromatic N) is 3. The Morgan fingerprint density at radius 2 is 1.57 bits per heavy atom. The SMILES string of the molecule is CC(=O)Nc1ccc2c(Nc3ccc(NS(=O)(=O)CCCN=C(N)N)cc3)c3ccc([N+](=O)[O-])cc3nc2c1.Cl. The first-order chi connectivity index (χ1) is 18.5. The number of hydrogen-bond acceptors (Lipinski definition) is 8. The van der Waals surface area contributed by atoms with E-state index in [4.69, 9.17) is 11.5 Å². The molecule has 15 heteroatoms. The summed E-state index contributed by atoms with van der Waals surface area (Å²) in [6, 6.07) is 16.2. The number of carbonyl (C=O) groups excluding carboxylic acids is 1. The molecule has 0 aliphatic heterocycles. The maximum absolute atomic E-state index is 12.4. The number of nitrogens with two attached hydrogens (primary N) is 2. The van der Waals surface area contributed by atoms with Gasteiger partial charge in [0.1, 0.15) is 0 Å². The molecule has 4 rings (SSSR count). The van der Waals surface area contributed by atoms with Crippen molar-refractivity contribution in [2.75, 3.05) is 27.7 Å². The highest BCUT2D eigenvalue weighted by Crippen LogP contribution is 2.36. The number of nitro benzene ring substituents is 1. The highest BCUT2D eigenvalue weighted by atomic mass is 35.5. The molecule has 0 bridgehead atoms. The molecule has 1 aromatic heterocycles. The zero-order chi connectivity index (χ0) is 28.2. The number of guanidine groups is 1. The van der Waals surface area contributed by atoms with Gasteiger partial charge < -0.3 is 22.1 Å². The molecule has 210 valence electrons. The van der Waals surface area contributed by atoms with Gasteiger partial charge in [-0.3, -0.25) is 24.6 Å². The number of hydrogen-bond donors (Lipinski definition) is 5. The van der Waals surface area contributed by atoms with Gasteiger partial charge in [0.15, 0.2) is 5.96 Å². The van der Waals surface area contributed by atoms with Gasteiger partial charge >= 0.3 is 0 Å². The first-order valence-electron chi connectivity index (χ1n) is 11.7. The number of rotatable bonds is 10. The first-order valence-corrected chi connectivity index (χ1v) is 13.4. The summed E-state index contributed by atoms with van der Waals surface area (Å²) in [6.07, 6.45) is 0.261. The predicted molar refractivity (Wildman–Crippen MR) is 160 cm³/mol. The number of halogens is 1. The maximum Gasteiger partial charge on any atom is 0.271 e. The Labute approximate surface area is 235 Å². The van der Waals surface area contributed by atoms with Gasteiger partial charge in [-0.05, 0) is 55.0 Å². The van der Waals surface area contributed by atoms with Crippen molar-refractivity contribution in [1.82, 2.24) is 4.98 Å². The van der Waals surface area contributed by atoms with Crippen molar-refractivity contribution in [1.29, 1.82) is 0 Å². The van der Waals surface area contributed by atoms with Crippen LogP contribution in [0.3, 0.4) is 0 Å². The lowest BCUT2D eigenvalue weighted by Crippen LogP contribution is -2.23. The molecule has 4 aromatic rings. The largest absolute Gasteiger partial charge is 0.370 e. The number of benzene rings is 3. The van der Waals surface area contributed by atoms with Crippen LogP contribution in [-0.2, 0) is 14.8 Å². The molecule has 0 aliphatic rings. The summed E-state index contributed by atoms with van der Waals surface area (Å²) >= 11 is 0. The summed E-state index contributed by atoms with van der Waals surface area (Å²) in [7, 11) is -3.60. The molecule has 0 unspecified atom stereocenters. The fourth-order valence-electron chi connectivity index (χ4n) is 3.92. The molecular weight excluding hydrogens is 560 g/mol. The average Bonchev–Trinajstić information content (AvgIpc) is 2.86. The zero-order valence-corrected chi connectivity index (χ0v) is 22.9. The number of amides is 1. The molecule has 0 aliphatic carbocycles. The lowest BCUT2D eigenvalue weighted by atomic mass is 10.1. The fraction of sp³-hybridized carbons (Fsp3) is 0.160. The van der Waals surface area contributed by atoms with E-state index in [1.807, 2.05) is 0 Å². The van der Waals surface area contributed by atoms with Crippen molar-refractivity contribution in [3.63, 3.8) is 0 Å². The smallest absolute Gasteiger partial charge is 0.271 e. The van der Waals surface area contributed by atoms with Crippen molar-refractivity contribution >= 4 is 84.5 Å². The van der Waals surface area contributed by atoms with Crippen LogP contribution in [0.2, 0.25) is 0 Å². The van der Waals surface area contributed by atoms with Crippen molar-refractivity contribution < 1.29 is 18.1 Å².